The number of benzene rings is 1. The molecule has 1 aliphatic carbocycles. The molecule has 1 saturated carbocycles. The average Bonchev–Trinajstić information content (AvgIpc) is 3.21. The summed E-state index contributed by atoms with van der Waals surface area (Å²) in [6, 6.07) is 8.15. The van der Waals surface area contributed by atoms with E-state index in [0.717, 1.165) is 16.9 Å². The Morgan fingerprint density at radius 1 is 1.07 bits per heavy atom. The number of thioether (sulfide) groups is 1. The van der Waals surface area contributed by atoms with Crippen molar-refractivity contribution < 1.29 is 14.3 Å². The molecule has 1 aromatic carbocycles. The second-order valence-corrected chi connectivity index (χ2v) is 8.92. The van der Waals surface area contributed by atoms with Gasteiger partial charge in [-0.05, 0) is 38.2 Å². The van der Waals surface area contributed by atoms with Crippen LogP contribution in [0.2, 0.25) is 0 Å². The van der Waals surface area contributed by atoms with Gasteiger partial charge in [0.2, 0.25) is 5.91 Å². The highest BCUT2D eigenvalue weighted by Gasteiger charge is 2.55. The molecule has 3 heterocycles. The molecule has 2 fully saturated rings. The lowest BCUT2D eigenvalue weighted by Gasteiger charge is -2.47. The third-order valence-electron chi connectivity index (χ3n) is 6.49. The molecule has 1 aromatic heterocycles. The summed E-state index contributed by atoms with van der Waals surface area (Å²) in [5.74, 6) is -0.389. The fourth-order valence-electron chi connectivity index (χ4n) is 4.85. The summed E-state index contributed by atoms with van der Waals surface area (Å²) in [4.78, 5) is 25.2. The second-order valence-electron chi connectivity index (χ2n) is 8.15. The largest absolute Gasteiger partial charge is 0.348 e. The van der Waals surface area contributed by atoms with Gasteiger partial charge in [0.15, 0.2) is 10.9 Å². The van der Waals surface area contributed by atoms with E-state index in [1.54, 1.807) is 0 Å². The van der Waals surface area contributed by atoms with Crippen molar-refractivity contribution >= 4 is 23.4 Å². The number of amides is 1. The highest BCUT2D eigenvalue weighted by molar-refractivity contribution is 7.98. The molecule has 1 saturated heterocycles. The number of anilines is 1. The molecule has 29 heavy (non-hydrogen) atoms. The van der Waals surface area contributed by atoms with E-state index in [9.17, 15) is 4.79 Å². The van der Waals surface area contributed by atoms with Gasteiger partial charge in [-0.3, -0.25) is 4.79 Å². The molecule has 0 unspecified atom stereocenters. The van der Waals surface area contributed by atoms with Gasteiger partial charge in [-0.2, -0.15) is 0 Å². The normalized spacial score (nSPS) is 22.3. The molecule has 0 radical (unpaired) electrons. The van der Waals surface area contributed by atoms with E-state index in [2.05, 4.69) is 11.9 Å². The number of carbonyl (C=O) groups is 1. The van der Waals surface area contributed by atoms with E-state index in [1.807, 2.05) is 41.6 Å². The first kappa shape index (κ1) is 19.0. The van der Waals surface area contributed by atoms with Crippen molar-refractivity contribution in [2.45, 2.75) is 55.5 Å². The second kappa shape index (κ2) is 7.07. The summed E-state index contributed by atoms with van der Waals surface area (Å²) >= 11 is 1.51. The Hall–Kier alpha value is -1.96. The number of hydrogen-bond acceptors (Lipinski definition) is 6. The van der Waals surface area contributed by atoms with Crippen LogP contribution in [0.3, 0.4) is 0 Å². The molecule has 2 spiro atoms. The monoisotopic (exact) mass is 411 g/mol. The molecule has 1 amide bonds. The highest BCUT2D eigenvalue weighted by Crippen LogP contribution is 2.50. The van der Waals surface area contributed by atoms with Crippen LogP contribution in [0.1, 0.15) is 42.5 Å². The number of fused-ring (bicyclic) bond motifs is 2. The van der Waals surface area contributed by atoms with E-state index < -0.39 is 11.2 Å². The molecular weight excluding hydrogens is 386 g/mol. The lowest BCUT2D eigenvalue weighted by atomic mass is 9.66. The van der Waals surface area contributed by atoms with Gasteiger partial charge in [-0.15, -0.1) is 0 Å². The maximum absolute atomic E-state index is 13.9. The van der Waals surface area contributed by atoms with E-state index in [1.165, 1.54) is 17.3 Å². The van der Waals surface area contributed by atoms with Gasteiger partial charge in [0, 0.05) is 30.3 Å². The third kappa shape index (κ3) is 3.07. The molecule has 2 aromatic rings. The zero-order valence-electron chi connectivity index (χ0n) is 16.8. The van der Waals surface area contributed by atoms with Crippen LogP contribution in [0.5, 0.6) is 0 Å². The fourth-order valence-corrected chi connectivity index (χ4v) is 5.19. The van der Waals surface area contributed by atoms with E-state index in [-0.39, 0.29) is 5.91 Å². The van der Waals surface area contributed by atoms with Crippen molar-refractivity contribution in [3.63, 3.8) is 0 Å². The standard InChI is InChI=1S/C22H25N3O3S/c1-15-3-5-17(6-4-15)25-14-16-13-23-20(29-2)24-18(16)21(19(25)26)7-9-22(10-8-21)27-11-12-28-22/h3-6,13H,7-12,14H2,1-2H3. The number of hydrogen-bond donors (Lipinski definition) is 0. The Balaban J connectivity index is 1.57. The Labute approximate surface area is 175 Å². The predicted molar refractivity (Wildman–Crippen MR) is 111 cm³/mol. The van der Waals surface area contributed by atoms with Crippen LogP contribution < -0.4 is 4.90 Å². The topological polar surface area (TPSA) is 64.6 Å². The zero-order chi connectivity index (χ0) is 20.1. The molecule has 7 heteroatoms. The first-order valence-corrected chi connectivity index (χ1v) is 11.3. The molecule has 0 bridgehead atoms. The van der Waals surface area contributed by atoms with Gasteiger partial charge in [-0.25, -0.2) is 9.97 Å². The highest BCUT2D eigenvalue weighted by atomic mass is 32.2. The minimum atomic E-state index is -0.646. The van der Waals surface area contributed by atoms with Crippen molar-refractivity contribution in [1.82, 2.24) is 9.97 Å². The molecular formula is C22H25N3O3S. The Morgan fingerprint density at radius 2 is 1.76 bits per heavy atom. The van der Waals surface area contributed by atoms with Gasteiger partial charge in [-0.1, -0.05) is 29.5 Å². The maximum atomic E-state index is 13.9. The van der Waals surface area contributed by atoms with Gasteiger partial charge < -0.3 is 14.4 Å². The summed E-state index contributed by atoms with van der Waals surface area (Å²) in [5.41, 5.74) is 3.39. The molecule has 0 N–H and O–H groups in total. The number of carbonyl (C=O) groups excluding carboxylic acids is 1. The number of rotatable bonds is 2. The summed E-state index contributed by atoms with van der Waals surface area (Å²) in [6.45, 7) is 3.82. The van der Waals surface area contributed by atoms with Crippen LogP contribution in [0, 0.1) is 6.92 Å². The van der Waals surface area contributed by atoms with Crippen molar-refractivity contribution in [1.29, 1.82) is 0 Å². The molecule has 2 aliphatic heterocycles. The Kier molecular flexibility index (Phi) is 4.64. The van der Waals surface area contributed by atoms with Crippen LogP contribution >= 0.6 is 11.8 Å². The van der Waals surface area contributed by atoms with Crippen molar-refractivity contribution in [3.05, 3.63) is 47.3 Å². The average molecular weight is 412 g/mol. The summed E-state index contributed by atoms with van der Waals surface area (Å²) in [6.07, 6.45) is 6.62. The maximum Gasteiger partial charge on any atom is 0.239 e. The lowest BCUT2D eigenvalue weighted by molar-refractivity contribution is -0.186. The summed E-state index contributed by atoms with van der Waals surface area (Å²) in [7, 11) is 0. The smallest absolute Gasteiger partial charge is 0.239 e. The fraction of sp³-hybridized carbons (Fsp3) is 0.500. The Bertz CT molecular complexity index is 931. The summed E-state index contributed by atoms with van der Waals surface area (Å²) < 4.78 is 11.8. The number of aromatic nitrogens is 2. The predicted octanol–water partition coefficient (Wildman–Crippen LogP) is 3.61. The van der Waals surface area contributed by atoms with Crippen LogP contribution in [-0.4, -0.2) is 41.1 Å². The van der Waals surface area contributed by atoms with Crippen LogP contribution in [0.25, 0.3) is 0 Å². The minimum absolute atomic E-state index is 0.132. The van der Waals surface area contributed by atoms with Gasteiger partial charge >= 0.3 is 0 Å². The number of ether oxygens (including phenoxy) is 2. The van der Waals surface area contributed by atoms with Crippen molar-refractivity contribution in [2.24, 2.45) is 0 Å². The minimum Gasteiger partial charge on any atom is -0.348 e. The van der Waals surface area contributed by atoms with Crippen LogP contribution in [0.15, 0.2) is 35.6 Å². The van der Waals surface area contributed by atoms with Gasteiger partial charge in [0.05, 0.1) is 30.9 Å². The van der Waals surface area contributed by atoms with Crippen LogP contribution in [-0.2, 0) is 26.2 Å². The Morgan fingerprint density at radius 3 is 2.41 bits per heavy atom. The first-order chi connectivity index (χ1) is 14.1. The SMILES string of the molecule is CSc1ncc2c(n1)C1(CCC3(CC1)OCCO3)C(=O)N(c1ccc(C)cc1)C2. The molecule has 5 rings (SSSR count). The summed E-state index contributed by atoms with van der Waals surface area (Å²) in [5, 5.41) is 0.716. The van der Waals surface area contributed by atoms with E-state index >= 15 is 0 Å². The van der Waals surface area contributed by atoms with Gasteiger partial charge in [0.1, 0.15) is 0 Å². The zero-order valence-corrected chi connectivity index (χ0v) is 17.6. The van der Waals surface area contributed by atoms with Crippen LogP contribution in [0.4, 0.5) is 5.69 Å². The number of nitrogens with zero attached hydrogens (tertiary/aromatic N) is 3. The lowest BCUT2D eigenvalue weighted by Crippen LogP contribution is -2.55. The third-order valence-corrected chi connectivity index (χ3v) is 7.05. The first-order valence-electron chi connectivity index (χ1n) is 10.1. The molecule has 152 valence electrons. The molecule has 6 nitrogen and oxygen atoms in total. The molecule has 0 atom stereocenters. The van der Waals surface area contributed by atoms with Gasteiger partial charge in [0.25, 0.3) is 0 Å². The number of aryl methyl sites for hydroxylation is 1. The van der Waals surface area contributed by atoms with E-state index in [4.69, 9.17) is 14.5 Å². The quantitative estimate of drug-likeness (QED) is 0.556. The molecule has 3 aliphatic rings. The van der Waals surface area contributed by atoms with Crippen molar-refractivity contribution in [3.8, 4) is 0 Å². The van der Waals surface area contributed by atoms with E-state index in [0.29, 0.717) is 50.6 Å². The van der Waals surface area contributed by atoms with Crippen molar-refractivity contribution in [2.75, 3.05) is 24.4 Å².